The minimum absolute atomic E-state index is 0.0867. The summed E-state index contributed by atoms with van der Waals surface area (Å²) in [4.78, 5) is 26.3. The Balaban J connectivity index is 1.58. The molecule has 2 aromatic carbocycles. The molecule has 0 saturated carbocycles. The van der Waals surface area contributed by atoms with Crippen molar-refractivity contribution in [3.8, 4) is 11.3 Å². The number of rotatable bonds is 5. The van der Waals surface area contributed by atoms with Crippen molar-refractivity contribution in [1.82, 2.24) is 10.2 Å². The number of furan rings is 1. The van der Waals surface area contributed by atoms with Gasteiger partial charge in [0, 0.05) is 36.1 Å². The van der Waals surface area contributed by atoms with Gasteiger partial charge in [-0.2, -0.15) is 0 Å². The van der Waals surface area contributed by atoms with E-state index in [0.717, 1.165) is 34.3 Å². The molecular formula is C22H23N3O4. The minimum Gasteiger partial charge on any atom is -0.465 e. The van der Waals surface area contributed by atoms with Crippen molar-refractivity contribution in [2.75, 3.05) is 31.6 Å². The van der Waals surface area contributed by atoms with Crippen molar-refractivity contribution in [2.24, 2.45) is 0 Å². The molecule has 1 aromatic heterocycles. The fourth-order valence-electron chi connectivity index (χ4n) is 4.00. The number of carbonyl (C=O) groups is 2. The molecule has 0 spiro atoms. The molecule has 7 nitrogen and oxygen atoms in total. The van der Waals surface area contributed by atoms with Gasteiger partial charge in [-0.05, 0) is 43.4 Å². The van der Waals surface area contributed by atoms with Crippen LogP contribution in [0.15, 0.2) is 59.0 Å². The molecule has 3 aromatic rings. The summed E-state index contributed by atoms with van der Waals surface area (Å²) in [6, 6.07) is 17.9. The number of likely N-dealkylation sites (N-methyl/N-ethyl adjacent to an activating group) is 1. The SMILES string of the molecule is CNC1(CC=O)CN(c2ccc(-c3cc4ccccc4o3)cc2)CCN1C(=O)O. The second-order valence-corrected chi connectivity index (χ2v) is 7.20. The molecule has 1 amide bonds. The monoisotopic (exact) mass is 393 g/mol. The number of fused-ring (bicyclic) bond motifs is 1. The molecule has 150 valence electrons. The Kier molecular flexibility index (Phi) is 4.98. The summed E-state index contributed by atoms with van der Waals surface area (Å²) in [7, 11) is 1.69. The van der Waals surface area contributed by atoms with Crippen molar-refractivity contribution in [3.63, 3.8) is 0 Å². The molecule has 1 unspecified atom stereocenters. The third-order valence-electron chi connectivity index (χ3n) is 5.62. The lowest BCUT2D eigenvalue weighted by Crippen LogP contribution is -2.69. The van der Waals surface area contributed by atoms with Crippen molar-refractivity contribution in [3.05, 3.63) is 54.6 Å². The number of hydrogen-bond donors (Lipinski definition) is 2. The lowest BCUT2D eigenvalue weighted by molar-refractivity contribution is -0.110. The number of carbonyl (C=O) groups excluding carboxylic acids is 1. The standard InChI is InChI=1S/C22H23N3O4/c1-23-22(10-13-26)15-24(11-12-25(22)21(27)28)18-8-6-16(7-9-18)20-14-17-4-2-3-5-19(17)29-20/h2-9,13-14,23H,10-12,15H2,1H3,(H,27,28). The number of nitrogens with one attached hydrogen (secondary N) is 1. The highest BCUT2D eigenvalue weighted by Gasteiger charge is 2.43. The molecule has 1 fully saturated rings. The Morgan fingerprint density at radius 1 is 1.21 bits per heavy atom. The molecule has 0 bridgehead atoms. The van der Waals surface area contributed by atoms with Crippen LogP contribution < -0.4 is 10.2 Å². The molecule has 2 N–H and O–H groups in total. The Morgan fingerprint density at radius 3 is 2.62 bits per heavy atom. The van der Waals surface area contributed by atoms with Gasteiger partial charge < -0.3 is 19.2 Å². The van der Waals surface area contributed by atoms with E-state index in [-0.39, 0.29) is 6.42 Å². The number of hydrogen-bond acceptors (Lipinski definition) is 5. The molecule has 0 radical (unpaired) electrons. The van der Waals surface area contributed by atoms with Crippen LogP contribution in [0.4, 0.5) is 10.5 Å². The van der Waals surface area contributed by atoms with E-state index in [2.05, 4.69) is 10.2 Å². The fourth-order valence-corrected chi connectivity index (χ4v) is 4.00. The molecule has 1 aliphatic heterocycles. The minimum atomic E-state index is -1.03. The number of anilines is 1. The Labute approximate surface area is 168 Å². The number of aldehydes is 1. The van der Waals surface area contributed by atoms with Crippen LogP contribution in [-0.2, 0) is 4.79 Å². The maximum Gasteiger partial charge on any atom is 0.408 e. The summed E-state index contributed by atoms with van der Waals surface area (Å²) in [5, 5.41) is 13.7. The highest BCUT2D eigenvalue weighted by Crippen LogP contribution is 2.31. The summed E-state index contributed by atoms with van der Waals surface area (Å²) in [6.07, 6.45) is -0.176. The number of amides is 1. The zero-order valence-corrected chi connectivity index (χ0v) is 16.2. The molecular weight excluding hydrogens is 370 g/mol. The molecule has 29 heavy (non-hydrogen) atoms. The van der Waals surface area contributed by atoms with Gasteiger partial charge in [0.1, 0.15) is 23.3 Å². The van der Waals surface area contributed by atoms with Gasteiger partial charge in [0.15, 0.2) is 0 Å². The first-order valence-electron chi connectivity index (χ1n) is 9.53. The first kappa shape index (κ1) is 19.0. The van der Waals surface area contributed by atoms with Crippen molar-refractivity contribution >= 4 is 29.0 Å². The summed E-state index contributed by atoms with van der Waals surface area (Å²) in [5.41, 5.74) is 1.86. The van der Waals surface area contributed by atoms with Gasteiger partial charge in [-0.1, -0.05) is 18.2 Å². The van der Waals surface area contributed by atoms with Gasteiger partial charge >= 0.3 is 6.09 Å². The number of benzene rings is 2. The zero-order valence-electron chi connectivity index (χ0n) is 16.2. The van der Waals surface area contributed by atoms with Gasteiger partial charge in [-0.15, -0.1) is 0 Å². The Bertz CT molecular complexity index is 997. The molecule has 1 saturated heterocycles. The topological polar surface area (TPSA) is 86.0 Å². The van der Waals surface area contributed by atoms with Crippen LogP contribution in [0.25, 0.3) is 22.3 Å². The van der Waals surface area contributed by atoms with Crippen LogP contribution >= 0.6 is 0 Å². The van der Waals surface area contributed by atoms with E-state index in [1.54, 1.807) is 7.05 Å². The second kappa shape index (κ2) is 7.60. The highest BCUT2D eigenvalue weighted by atomic mass is 16.4. The van der Waals surface area contributed by atoms with E-state index in [0.29, 0.717) is 19.6 Å². The molecule has 1 atom stereocenters. The van der Waals surface area contributed by atoms with Gasteiger partial charge in [-0.25, -0.2) is 4.79 Å². The van der Waals surface area contributed by atoms with Crippen LogP contribution in [-0.4, -0.2) is 54.7 Å². The second-order valence-electron chi connectivity index (χ2n) is 7.20. The van der Waals surface area contributed by atoms with Gasteiger partial charge in [0.2, 0.25) is 0 Å². The van der Waals surface area contributed by atoms with E-state index < -0.39 is 11.8 Å². The van der Waals surface area contributed by atoms with Crippen LogP contribution in [0.2, 0.25) is 0 Å². The normalized spacial score (nSPS) is 19.5. The van der Waals surface area contributed by atoms with E-state index in [4.69, 9.17) is 4.42 Å². The van der Waals surface area contributed by atoms with Crippen LogP contribution in [0.5, 0.6) is 0 Å². The van der Waals surface area contributed by atoms with E-state index >= 15 is 0 Å². The fraction of sp³-hybridized carbons (Fsp3) is 0.273. The first-order valence-corrected chi connectivity index (χ1v) is 9.53. The van der Waals surface area contributed by atoms with Crippen LogP contribution in [0, 0.1) is 0 Å². The first-order chi connectivity index (χ1) is 14.1. The number of nitrogens with zero attached hydrogens (tertiary/aromatic N) is 2. The highest BCUT2D eigenvalue weighted by molar-refractivity contribution is 5.83. The molecule has 2 heterocycles. The van der Waals surface area contributed by atoms with E-state index in [1.807, 2.05) is 54.6 Å². The molecule has 4 rings (SSSR count). The number of piperazine rings is 1. The van der Waals surface area contributed by atoms with E-state index in [9.17, 15) is 14.7 Å². The Hall–Kier alpha value is -3.32. The van der Waals surface area contributed by atoms with Crippen molar-refractivity contribution in [2.45, 2.75) is 12.1 Å². The average Bonchev–Trinajstić information content (AvgIpc) is 3.18. The zero-order chi connectivity index (χ0) is 20.4. The number of para-hydroxylation sites is 1. The van der Waals surface area contributed by atoms with Crippen molar-refractivity contribution in [1.29, 1.82) is 0 Å². The lowest BCUT2D eigenvalue weighted by atomic mass is 10.00. The molecule has 7 heteroatoms. The summed E-state index contributed by atoms with van der Waals surface area (Å²) < 4.78 is 5.93. The quantitative estimate of drug-likeness (QED) is 0.646. The number of carboxylic acid groups (broad SMARTS) is 1. The van der Waals surface area contributed by atoms with Gasteiger partial charge in [0.05, 0.1) is 6.54 Å². The summed E-state index contributed by atoms with van der Waals surface area (Å²) in [5.74, 6) is 0.805. The van der Waals surface area contributed by atoms with Crippen LogP contribution in [0.1, 0.15) is 6.42 Å². The molecule has 1 aliphatic rings. The van der Waals surface area contributed by atoms with Gasteiger partial charge in [0.25, 0.3) is 0 Å². The maximum atomic E-state index is 11.7. The van der Waals surface area contributed by atoms with Crippen LogP contribution in [0.3, 0.4) is 0 Å². The maximum absolute atomic E-state index is 11.7. The summed E-state index contributed by atoms with van der Waals surface area (Å²) in [6.45, 7) is 1.26. The predicted octanol–water partition coefficient (Wildman–Crippen LogP) is 3.40. The summed E-state index contributed by atoms with van der Waals surface area (Å²) >= 11 is 0. The Morgan fingerprint density at radius 2 is 1.97 bits per heavy atom. The smallest absolute Gasteiger partial charge is 0.408 e. The average molecular weight is 393 g/mol. The third kappa shape index (κ3) is 3.45. The lowest BCUT2D eigenvalue weighted by Gasteiger charge is -2.49. The van der Waals surface area contributed by atoms with Gasteiger partial charge in [-0.3, -0.25) is 10.2 Å². The molecule has 0 aliphatic carbocycles. The van der Waals surface area contributed by atoms with E-state index in [1.165, 1.54) is 4.90 Å². The van der Waals surface area contributed by atoms with Crippen molar-refractivity contribution < 1.29 is 19.1 Å². The third-order valence-corrected chi connectivity index (χ3v) is 5.62. The largest absolute Gasteiger partial charge is 0.465 e. The predicted molar refractivity (Wildman–Crippen MR) is 111 cm³/mol.